The van der Waals surface area contributed by atoms with Crippen molar-refractivity contribution in [3.63, 3.8) is 0 Å². The van der Waals surface area contributed by atoms with E-state index in [9.17, 15) is 14.4 Å². The van der Waals surface area contributed by atoms with Crippen molar-refractivity contribution in [2.24, 2.45) is 0 Å². The average molecular weight is 988 g/mol. The van der Waals surface area contributed by atoms with Crippen molar-refractivity contribution in [2.45, 2.75) is 284 Å². The van der Waals surface area contributed by atoms with Crippen LogP contribution in [-0.4, -0.2) is 37.2 Å². The van der Waals surface area contributed by atoms with E-state index in [1.807, 2.05) is 0 Å². The monoisotopic (exact) mass is 987 g/mol. The van der Waals surface area contributed by atoms with E-state index in [0.29, 0.717) is 19.3 Å². The van der Waals surface area contributed by atoms with Gasteiger partial charge < -0.3 is 14.2 Å². The van der Waals surface area contributed by atoms with Gasteiger partial charge in [-0.25, -0.2) is 0 Å². The molecule has 71 heavy (non-hydrogen) atoms. The summed E-state index contributed by atoms with van der Waals surface area (Å²) in [4.78, 5) is 38.2. The van der Waals surface area contributed by atoms with Crippen molar-refractivity contribution < 1.29 is 28.6 Å². The molecule has 0 aliphatic carbocycles. The topological polar surface area (TPSA) is 78.9 Å². The summed E-state index contributed by atoms with van der Waals surface area (Å²) in [7, 11) is 0. The quantitative estimate of drug-likeness (QED) is 0.0261. The molecule has 0 bridgehead atoms. The molecule has 0 saturated carbocycles. The minimum Gasteiger partial charge on any atom is -0.462 e. The molecule has 0 radical (unpaired) electrons. The zero-order chi connectivity index (χ0) is 51.4. The lowest BCUT2D eigenvalue weighted by Gasteiger charge is -2.18. The van der Waals surface area contributed by atoms with E-state index >= 15 is 0 Å². The third-order valence-corrected chi connectivity index (χ3v) is 12.5. The van der Waals surface area contributed by atoms with Crippen LogP contribution in [0.5, 0.6) is 0 Å². The normalized spacial score (nSPS) is 12.8. The fraction of sp³-hybridized carbons (Fsp3) is 0.708. The van der Waals surface area contributed by atoms with Crippen molar-refractivity contribution in [3.05, 3.63) is 97.2 Å². The molecule has 0 N–H and O–H groups in total. The van der Waals surface area contributed by atoms with Gasteiger partial charge in [-0.2, -0.15) is 0 Å². The Kier molecular flexibility index (Phi) is 55.9. The maximum absolute atomic E-state index is 12.9. The van der Waals surface area contributed by atoms with Gasteiger partial charge in [0, 0.05) is 19.3 Å². The molecule has 6 heteroatoms. The summed E-state index contributed by atoms with van der Waals surface area (Å²) in [5, 5.41) is 0. The zero-order valence-corrected chi connectivity index (χ0v) is 46.5. The van der Waals surface area contributed by atoms with Gasteiger partial charge in [0.05, 0.1) is 0 Å². The second-order valence-corrected chi connectivity index (χ2v) is 19.5. The minimum absolute atomic E-state index is 0.0936. The fourth-order valence-electron chi connectivity index (χ4n) is 8.08. The molecule has 0 fully saturated rings. The molecule has 0 saturated heterocycles. The largest absolute Gasteiger partial charge is 0.462 e. The first-order chi connectivity index (χ1) is 35.0. The van der Waals surface area contributed by atoms with Crippen LogP contribution in [0, 0.1) is 0 Å². The predicted molar refractivity (Wildman–Crippen MR) is 307 cm³/mol. The lowest BCUT2D eigenvalue weighted by molar-refractivity contribution is -0.167. The highest BCUT2D eigenvalue weighted by atomic mass is 16.6. The van der Waals surface area contributed by atoms with Gasteiger partial charge >= 0.3 is 17.9 Å². The van der Waals surface area contributed by atoms with Gasteiger partial charge in [0.1, 0.15) is 13.2 Å². The number of rotatable bonds is 53. The number of ether oxygens (including phenoxy) is 3. The Hall–Kier alpha value is -3.67. The number of carbonyl (C=O) groups excluding carboxylic acids is 3. The van der Waals surface area contributed by atoms with Crippen molar-refractivity contribution in [2.75, 3.05) is 13.2 Å². The number of allylic oxidation sites excluding steroid dienone is 16. The molecule has 0 aliphatic rings. The highest BCUT2D eigenvalue weighted by Crippen LogP contribution is 2.14. The number of carbonyl (C=O) groups is 3. The molecule has 0 aromatic carbocycles. The third kappa shape index (κ3) is 57.1. The first-order valence-corrected chi connectivity index (χ1v) is 29.7. The van der Waals surface area contributed by atoms with Crippen LogP contribution in [0.2, 0.25) is 0 Å². The van der Waals surface area contributed by atoms with Crippen molar-refractivity contribution in [3.8, 4) is 0 Å². The first-order valence-electron chi connectivity index (χ1n) is 29.7. The smallest absolute Gasteiger partial charge is 0.306 e. The van der Waals surface area contributed by atoms with Gasteiger partial charge in [-0.15, -0.1) is 0 Å². The van der Waals surface area contributed by atoms with Gasteiger partial charge in [0.25, 0.3) is 0 Å². The summed E-state index contributed by atoms with van der Waals surface area (Å²) in [5.74, 6) is -0.928. The lowest BCUT2D eigenvalue weighted by atomic mass is 10.1. The summed E-state index contributed by atoms with van der Waals surface area (Å²) in [6.45, 7) is 6.47. The van der Waals surface area contributed by atoms with Crippen LogP contribution in [0.4, 0.5) is 0 Å². The summed E-state index contributed by atoms with van der Waals surface area (Å²) < 4.78 is 16.9. The Bertz CT molecular complexity index is 1410. The van der Waals surface area contributed by atoms with E-state index in [-0.39, 0.29) is 31.1 Å². The highest BCUT2D eigenvalue weighted by Gasteiger charge is 2.19. The van der Waals surface area contributed by atoms with Crippen LogP contribution < -0.4 is 0 Å². The molecular weight excluding hydrogens is 877 g/mol. The Labute approximate surface area is 438 Å². The zero-order valence-electron chi connectivity index (χ0n) is 46.5. The second kappa shape index (κ2) is 58.9. The summed E-state index contributed by atoms with van der Waals surface area (Å²) in [6, 6.07) is 0. The molecule has 0 amide bonds. The number of hydrogen-bond donors (Lipinski definition) is 0. The summed E-state index contributed by atoms with van der Waals surface area (Å²) >= 11 is 0. The third-order valence-electron chi connectivity index (χ3n) is 12.5. The van der Waals surface area contributed by atoms with Gasteiger partial charge in [0.2, 0.25) is 0 Å². The Morgan fingerprint density at radius 3 is 0.887 bits per heavy atom. The predicted octanol–water partition coefficient (Wildman–Crippen LogP) is 20.1. The van der Waals surface area contributed by atoms with Gasteiger partial charge in [0.15, 0.2) is 6.10 Å². The molecule has 0 heterocycles. The average Bonchev–Trinajstić information content (AvgIpc) is 3.37. The number of hydrogen-bond acceptors (Lipinski definition) is 6. The molecule has 0 spiro atoms. The van der Waals surface area contributed by atoms with Crippen LogP contribution >= 0.6 is 0 Å². The van der Waals surface area contributed by atoms with Gasteiger partial charge in [-0.1, -0.05) is 234 Å². The maximum atomic E-state index is 12.9. The molecule has 1 atom stereocenters. The van der Waals surface area contributed by atoms with Gasteiger partial charge in [-0.05, 0) is 122 Å². The summed E-state index contributed by atoms with van der Waals surface area (Å²) in [6.07, 6.45) is 78.2. The van der Waals surface area contributed by atoms with Crippen molar-refractivity contribution in [1.29, 1.82) is 0 Å². The highest BCUT2D eigenvalue weighted by molar-refractivity contribution is 5.71. The molecule has 406 valence electrons. The maximum Gasteiger partial charge on any atom is 0.306 e. The van der Waals surface area contributed by atoms with Crippen LogP contribution in [0.15, 0.2) is 97.2 Å². The Morgan fingerprint density at radius 1 is 0.296 bits per heavy atom. The first kappa shape index (κ1) is 67.3. The molecule has 0 aromatic heterocycles. The molecule has 0 aromatic rings. The molecular formula is C65H110O6. The molecule has 0 aliphatic heterocycles. The lowest BCUT2D eigenvalue weighted by Crippen LogP contribution is -2.30. The standard InChI is InChI=1S/C65H110O6/c1-4-7-10-13-16-19-22-25-28-29-30-31-32-33-34-35-38-40-43-46-49-52-55-58-64(67)70-61-62(71-65(68)59-56-53-50-47-44-41-37-27-24-21-18-15-12-9-6-3)60-69-63(66)57-54-51-48-45-42-39-36-26-23-20-17-14-11-8-5-2/h9,12,17-18,20-22,25-27,29-30,32-33,36-37,62H,4-8,10-11,13-16,19,23-24,28,31,34-35,38-61H2,1-3H3/b12-9-,20-17-,21-18-,25-22-,30-29-,33-32-,36-26-,37-27-. The van der Waals surface area contributed by atoms with E-state index < -0.39 is 6.10 Å². The number of esters is 3. The van der Waals surface area contributed by atoms with E-state index in [2.05, 4.69) is 118 Å². The van der Waals surface area contributed by atoms with Crippen LogP contribution in [0.1, 0.15) is 278 Å². The molecule has 0 rings (SSSR count). The van der Waals surface area contributed by atoms with Crippen LogP contribution in [0.3, 0.4) is 0 Å². The minimum atomic E-state index is -0.797. The van der Waals surface area contributed by atoms with E-state index in [1.165, 1.54) is 96.3 Å². The van der Waals surface area contributed by atoms with Crippen LogP contribution in [-0.2, 0) is 28.6 Å². The molecule has 6 nitrogen and oxygen atoms in total. The Morgan fingerprint density at radius 2 is 0.549 bits per heavy atom. The fourth-order valence-corrected chi connectivity index (χ4v) is 8.08. The SMILES string of the molecule is CC/C=C\C/C=C\C/C=C\CCCCCCCC(=O)OC(COC(=O)CCCCCCC/C=C\C/C=C\CCCCC)COC(=O)CCCCCCCCCC/C=C\C/C=C\C/C=C\CCCCCCC. The van der Waals surface area contributed by atoms with E-state index in [0.717, 1.165) is 141 Å². The number of unbranched alkanes of at least 4 members (excludes halogenated alkanes) is 26. The van der Waals surface area contributed by atoms with Crippen LogP contribution in [0.25, 0.3) is 0 Å². The van der Waals surface area contributed by atoms with Crippen molar-refractivity contribution in [1.82, 2.24) is 0 Å². The van der Waals surface area contributed by atoms with Crippen molar-refractivity contribution >= 4 is 17.9 Å². The molecule has 1 unspecified atom stereocenters. The Balaban J connectivity index is 4.40. The second-order valence-electron chi connectivity index (χ2n) is 19.5. The van der Waals surface area contributed by atoms with E-state index in [4.69, 9.17) is 14.2 Å². The summed E-state index contributed by atoms with van der Waals surface area (Å²) in [5.41, 5.74) is 0. The van der Waals surface area contributed by atoms with E-state index in [1.54, 1.807) is 0 Å². The van der Waals surface area contributed by atoms with Gasteiger partial charge in [-0.3, -0.25) is 14.4 Å².